The number of likely N-dealkylation sites (tertiary alicyclic amines) is 1. The number of amides is 2. The topological polar surface area (TPSA) is 99.1 Å². The molecule has 31 heavy (non-hydrogen) atoms. The van der Waals surface area contributed by atoms with Crippen molar-refractivity contribution in [2.75, 3.05) is 26.2 Å². The average Bonchev–Trinajstić information content (AvgIpc) is 2.77. The number of aliphatic hydroxyl groups is 1. The largest absolute Gasteiger partial charge is 0.490 e. The van der Waals surface area contributed by atoms with Gasteiger partial charge in [-0.25, -0.2) is 9.18 Å². The van der Waals surface area contributed by atoms with Crippen LogP contribution in [0, 0.1) is 17.7 Å². The van der Waals surface area contributed by atoms with Crippen molar-refractivity contribution in [3.05, 3.63) is 35.7 Å². The molecule has 2 aliphatic rings. The van der Waals surface area contributed by atoms with Crippen LogP contribution in [0.15, 0.2) is 24.3 Å². The van der Waals surface area contributed by atoms with Crippen LogP contribution in [0.4, 0.5) is 9.18 Å². The molecule has 7 nitrogen and oxygen atoms in total. The quantitative estimate of drug-likeness (QED) is 0.612. The number of hydrogen-bond donors (Lipinski definition) is 3. The van der Waals surface area contributed by atoms with Crippen LogP contribution in [0.3, 0.4) is 0 Å². The van der Waals surface area contributed by atoms with Crippen LogP contribution >= 0.6 is 0 Å². The van der Waals surface area contributed by atoms with E-state index in [1.807, 2.05) is 12.1 Å². The van der Waals surface area contributed by atoms with Gasteiger partial charge in [-0.15, -0.1) is 0 Å². The first-order valence-electron chi connectivity index (χ1n) is 10.9. The second kappa shape index (κ2) is 10.6. The molecule has 170 valence electrons. The van der Waals surface area contributed by atoms with Gasteiger partial charge in [0.25, 0.3) is 0 Å². The van der Waals surface area contributed by atoms with E-state index in [-0.39, 0.29) is 30.0 Å². The Bertz CT molecular complexity index is 818. The first kappa shape index (κ1) is 23.1. The highest BCUT2D eigenvalue weighted by Crippen LogP contribution is 2.32. The third-order valence-electron chi connectivity index (χ3n) is 6.02. The van der Waals surface area contributed by atoms with Gasteiger partial charge in [-0.2, -0.15) is 0 Å². The molecular formula is C23H31FN2O5. The second-order valence-electron chi connectivity index (χ2n) is 8.46. The zero-order chi connectivity index (χ0) is 22.4. The van der Waals surface area contributed by atoms with Crippen molar-refractivity contribution >= 4 is 17.6 Å². The van der Waals surface area contributed by atoms with Crippen LogP contribution in [-0.4, -0.2) is 59.5 Å². The summed E-state index contributed by atoms with van der Waals surface area (Å²) in [5, 5.41) is 21.0. The molecular weight excluding hydrogens is 403 g/mol. The van der Waals surface area contributed by atoms with E-state index < -0.39 is 18.0 Å². The number of rotatable bonds is 7. The number of benzene rings is 1. The third kappa shape index (κ3) is 6.43. The number of carboxylic acid groups (broad SMARTS) is 1. The lowest BCUT2D eigenvalue weighted by atomic mass is 9.86. The van der Waals surface area contributed by atoms with Crippen LogP contribution < -0.4 is 10.1 Å². The van der Waals surface area contributed by atoms with E-state index in [0.717, 1.165) is 11.1 Å². The van der Waals surface area contributed by atoms with Gasteiger partial charge in [0.1, 0.15) is 0 Å². The zero-order valence-electron chi connectivity index (χ0n) is 17.8. The third-order valence-corrected chi connectivity index (χ3v) is 6.02. The molecule has 1 aromatic rings. The standard InChI is InChI=1S/C23H31FN2O5/c1-15(27)13-25-22(28)18-4-2-17(3-5-18)19-6-7-21(20(24)12-19)31-14-16-8-10-26(11-9-16)23(29)30/h2,6-7,12,15-16,18,27H,3-5,8-11,13-14H2,1H3,(H,25,28)(H,29,30)/t15-,18?/m0/s1. The predicted molar refractivity (Wildman–Crippen MR) is 114 cm³/mol. The molecule has 0 aromatic heterocycles. The number of halogens is 1. The second-order valence-corrected chi connectivity index (χ2v) is 8.46. The van der Waals surface area contributed by atoms with Gasteiger partial charge in [-0.3, -0.25) is 4.79 Å². The average molecular weight is 435 g/mol. The molecule has 2 amide bonds. The predicted octanol–water partition coefficient (Wildman–Crippen LogP) is 3.28. The molecule has 2 atom stereocenters. The summed E-state index contributed by atoms with van der Waals surface area (Å²) in [6.45, 7) is 3.21. The van der Waals surface area contributed by atoms with Crippen molar-refractivity contribution in [3.63, 3.8) is 0 Å². The smallest absolute Gasteiger partial charge is 0.407 e. The number of nitrogens with one attached hydrogen (secondary N) is 1. The minimum Gasteiger partial charge on any atom is -0.490 e. The van der Waals surface area contributed by atoms with E-state index in [9.17, 15) is 19.1 Å². The Morgan fingerprint density at radius 1 is 1.29 bits per heavy atom. The SMILES string of the molecule is C[C@H](O)CNC(=O)C1CC=C(c2ccc(OCC3CCN(C(=O)O)CC3)c(F)c2)CC1. The van der Waals surface area contributed by atoms with Crippen molar-refractivity contribution in [2.45, 2.75) is 45.1 Å². The van der Waals surface area contributed by atoms with Crippen molar-refractivity contribution < 1.29 is 28.9 Å². The fourth-order valence-electron chi connectivity index (χ4n) is 4.04. The van der Waals surface area contributed by atoms with Gasteiger partial charge in [-0.05, 0) is 68.2 Å². The zero-order valence-corrected chi connectivity index (χ0v) is 17.8. The summed E-state index contributed by atoms with van der Waals surface area (Å²) in [6.07, 6.45) is 3.92. The van der Waals surface area contributed by atoms with Crippen molar-refractivity contribution in [1.82, 2.24) is 10.2 Å². The van der Waals surface area contributed by atoms with Gasteiger partial charge in [0.15, 0.2) is 11.6 Å². The first-order valence-corrected chi connectivity index (χ1v) is 10.9. The maximum Gasteiger partial charge on any atom is 0.407 e. The molecule has 1 unspecified atom stereocenters. The molecule has 1 saturated heterocycles. The van der Waals surface area contributed by atoms with E-state index in [4.69, 9.17) is 9.84 Å². The summed E-state index contributed by atoms with van der Waals surface area (Å²) in [4.78, 5) is 24.5. The molecule has 1 heterocycles. The summed E-state index contributed by atoms with van der Waals surface area (Å²) < 4.78 is 20.3. The summed E-state index contributed by atoms with van der Waals surface area (Å²) in [5.74, 6) is -0.176. The monoisotopic (exact) mass is 434 g/mol. The molecule has 1 aliphatic heterocycles. The maximum absolute atomic E-state index is 14.6. The summed E-state index contributed by atoms with van der Waals surface area (Å²) in [5.41, 5.74) is 1.81. The Kier molecular flexibility index (Phi) is 7.90. The first-order chi connectivity index (χ1) is 14.8. The number of carbonyl (C=O) groups is 2. The van der Waals surface area contributed by atoms with Gasteiger partial charge in [0.2, 0.25) is 5.91 Å². The molecule has 3 N–H and O–H groups in total. The Balaban J connectivity index is 1.50. The van der Waals surface area contributed by atoms with Crippen molar-refractivity contribution in [3.8, 4) is 5.75 Å². The summed E-state index contributed by atoms with van der Waals surface area (Å²) >= 11 is 0. The van der Waals surface area contributed by atoms with Crippen LogP contribution in [-0.2, 0) is 4.79 Å². The van der Waals surface area contributed by atoms with Crippen LogP contribution in [0.5, 0.6) is 5.75 Å². The number of allylic oxidation sites excluding steroid dienone is 2. The van der Waals surface area contributed by atoms with Crippen LogP contribution in [0.25, 0.3) is 5.57 Å². The normalized spacial score (nSPS) is 20.7. The van der Waals surface area contributed by atoms with Crippen LogP contribution in [0.1, 0.15) is 44.6 Å². The number of piperidine rings is 1. The molecule has 1 aromatic carbocycles. The molecule has 0 radical (unpaired) electrons. The van der Waals surface area contributed by atoms with Gasteiger partial charge in [0, 0.05) is 25.6 Å². The summed E-state index contributed by atoms with van der Waals surface area (Å²) in [6, 6.07) is 4.95. The lowest BCUT2D eigenvalue weighted by Crippen LogP contribution is -2.38. The number of nitrogens with zero attached hydrogens (tertiary/aromatic N) is 1. The fourth-order valence-corrected chi connectivity index (χ4v) is 4.04. The lowest BCUT2D eigenvalue weighted by molar-refractivity contribution is -0.125. The Hall–Kier alpha value is -2.61. The minimum atomic E-state index is -0.898. The molecule has 8 heteroatoms. The number of aliphatic hydroxyl groups excluding tert-OH is 1. The maximum atomic E-state index is 14.6. The van der Waals surface area contributed by atoms with E-state index in [1.54, 1.807) is 13.0 Å². The van der Waals surface area contributed by atoms with Gasteiger partial charge < -0.3 is 25.2 Å². The van der Waals surface area contributed by atoms with Crippen LogP contribution in [0.2, 0.25) is 0 Å². The van der Waals surface area contributed by atoms with E-state index in [2.05, 4.69) is 5.32 Å². The Morgan fingerprint density at radius 2 is 2.03 bits per heavy atom. The summed E-state index contributed by atoms with van der Waals surface area (Å²) in [7, 11) is 0. The molecule has 0 spiro atoms. The van der Waals surface area contributed by atoms with Crippen molar-refractivity contribution in [1.29, 1.82) is 0 Å². The number of carbonyl (C=O) groups excluding carboxylic acids is 1. The Labute approximate surface area is 181 Å². The highest BCUT2D eigenvalue weighted by Gasteiger charge is 2.24. The van der Waals surface area contributed by atoms with Gasteiger partial charge in [-0.1, -0.05) is 12.1 Å². The number of hydrogen-bond acceptors (Lipinski definition) is 4. The highest BCUT2D eigenvalue weighted by molar-refractivity contribution is 5.80. The molecule has 1 fully saturated rings. The van der Waals surface area contributed by atoms with E-state index in [1.165, 1.54) is 11.0 Å². The molecule has 1 aliphatic carbocycles. The van der Waals surface area contributed by atoms with Gasteiger partial charge >= 0.3 is 6.09 Å². The molecule has 3 rings (SSSR count). The molecule has 0 saturated carbocycles. The minimum absolute atomic E-state index is 0.0553. The Morgan fingerprint density at radius 3 is 2.61 bits per heavy atom. The fraction of sp³-hybridized carbons (Fsp3) is 0.565. The van der Waals surface area contributed by atoms with E-state index >= 15 is 0 Å². The highest BCUT2D eigenvalue weighted by atomic mass is 19.1. The van der Waals surface area contributed by atoms with E-state index in [0.29, 0.717) is 51.8 Å². The lowest BCUT2D eigenvalue weighted by Gasteiger charge is -2.29. The van der Waals surface area contributed by atoms with Gasteiger partial charge in [0.05, 0.1) is 12.7 Å². The molecule has 0 bridgehead atoms. The number of ether oxygens (including phenoxy) is 1. The van der Waals surface area contributed by atoms with Crippen molar-refractivity contribution in [2.24, 2.45) is 11.8 Å².